The molecule has 13 nitrogen and oxygen atoms in total. The van der Waals surface area contributed by atoms with E-state index in [9.17, 15) is 5.11 Å². The molecular formula is C60H117N9O4. The maximum absolute atomic E-state index is 10.4. The molecule has 3 N–H and O–H groups in total. The second-order valence-electron chi connectivity index (χ2n) is 25.4. The van der Waals surface area contributed by atoms with Gasteiger partial charge in [0, 0.05) is 60.9 Å². The molecule has 0 amide bonds. The van der Waals surface area contributed by atoms with E-state index in [4.69, 9.17) is 29.5 Å². The lowest BCUT2D eigenvalue weighted by atomic mass is 9.73. The average molecular weight is 1030 g/mol. The third-order valence-corrected chi connectivity index (χ3v) is 16.3. The van der Waals surface area contributed by atoms with Gasteiger partial charge in [-0.1, -0.05) is 143 Å². The number of hydroxylamine groups is 6. The van der Waals surface area contributed by atoms with Crippen LogP contribution in [-0.2, 0) is 14.5 Å². The van der Waals surface area contributed by atoms with E-state index in [1.54, 1.807) is 0 Å². The normalized spacial score (nSPS) is 19.9. The van der Waals surface area contributed by atoms with Crippen LogP contribution in [-0.4, -0.2) is 123 Å². The summed E-state index contributed by atoms with van der Waals surface area (Å²) >= 11 is 0. The number of aliphatic hydroxyl groups is 1. The molecule has 0 radical (unpaired) electrons. The number of unbranched alkanes of at least 4 members (excludes halogenated alkanes) is 17. The van der Waals surface area contributed by atoms with E-state index in [0.717, 1.165) is 129 Å². The number of aliphatic hydroxyl groups excluding tert-OH is 1. The fraction of sp³-hybridized carbons (Fsp3) is 0.950. The van der Waals surface area contributed by atoms with Gasteiger partial charge in [-0.25, -0.2) is 0 Å². The summed E-state index contributed by atoms with van der Waals surface area (Å²) in [7, 11) is 0. The third-order valence-electron chi connectivity index (χ3n) is 16.3. The molecule has 1 aromatic rings. The van der Waals surface area contributed by atoms with Crippen molar-refractivity contribution in [3.63, 3.8) is 0 Å². The minimum absolute atomic E-state index is 0.00270. The van der Waals surface area contributed by atoms with Gasteiger partial charge in [0.25, 0.3) is 0 Å². The number of rotatable bonds is 40. The van der Waals surface area contributed by atoms with Crippen molar-refractivity contribution in [2.45, 2.75) is 297 Å². The average Bonchev–Trinajstić information content (AvgIpc) is 3.33. The molecule has 3 saturated heterocycles. The van der Waals surface area contributed by atoms with Gasteiger partial charge in [0.1, 0.15) is 0 Å². The highest BCUT2D eigenvalue weighted by molar-refractivity contribution is 5.44. The van der Waals surface area contributed by atoms with E-state index < -0.39 is 0 Å². The summed E-state index contributed by atoms with van der Waals surface area (Å²) in [6.45, 7) is 32.1. The van der Waals surface area contributed by atoms with Gasteiger partial charge in [-0.05, 0) is 138 Å². The van der Waals surface area contributed by atoms with E-state index in [1.165, 1.54) is 109 Å². The first-order valence-corrected chi connectivity index (χ1v) is 30.9. The molecule has 13 heteroatoms. The molecule has 73 heavy (non-hydrogen) atoms. The predicted molar refractivity (Wildman–Crippen MR) is 307 cm³/mol. The van der Waals surface area contributed by atoms with Gasteiger partial charge in [-0.3, -0.25) is 14.5 Å². The molecular weight excluding hydrogens is 911 g/mol. The summed E-state index contributed by atoms with van der Waals surface area (Å²) in [5.41, 5.74) is 0.0108. The number of anilines is 3. The van der Waals surface area contributed by atoms with E-state index >= 15 is 0 Å². The Morgan fingerprint density at radius 2 is 0.863 bits per heavy atom. The van der Waals surface area contributed by atoms with Crippen molar-refractivity contribution in [1.29, 1.82) is 0 Å². The number of piperidine rings is 3. The SMILES string of the molecule is CCCCCCCCON1CCC(N(CCO)c2nc(NCCCCC3CC(C)(C)N(OCCCCCCCC)C(C)(C)C3)nc(NCCCCC3CC(C)(C)N(OCCCCCCCC)C(C)(C)C3)n2)CC1. The molecule has 0 atom stereocenters. The Morgan fingerprint density at radius 3 is 1.25 bits per heavy atom. The van der Waals surface area contributed by atoms with Crippen LogP contribution >= 0.6 is 0 Å². The van der Waals surface area contributed by atoms with Crippen LogP contribution < -0.4 is 15.5 Å². The lowest BCUT2D eigenvalue weighted by Crippen LogP contribution is -2.60. The standard InChI is InChI=1S/C60H117N9O4/c1-12-15-18-21-24-31-44-71-66-40-36-53(37-41-66)67(42-43-70)56-64-54(61-38-29-27-34-51-47-57(4,5)68(58(6,7)48-51)72-45-32-25-22-19-16-13-2)63-55(65-56)62-39-30-28-35-52-49-59(8,9)69(60(10,11)50-52)73-46-33-26-23-20-17-14-3/h51-53,70H,12-50H2,1-11H3,(H2,61,62,63,64,65). The molecule has 4 heterocycles. The summed E-state index contributed by atoms with van der Waals surface area (Å²) in [5, 5.41) is 24.5. The van der Waals surface area contributed by atoms with Crippen molar-refractivity contribution in [3.05, 3.63) is 0 Å². The van der Waals surface area contributed by atoms with Crippen LogP contribution in [0.5, 0.6) is 0 Å². The molecule has 3 aliphatic heterocycles. The lowest BCUT2D eigenvalue weighted by Gasteiger charge is -2.54. The van der Waals surface area contributed by atoms with Crippen LogP contribution in [0.2, 0.25) is 0 Å². The molecule has 3 aliphatic rings. The third kappa shape index (κ3) is 23.3. The monoisotopic (exact) mass is 1030 g/mol. The number of hydrogen-bond donors (Lipinski definition) is 3. The van der Waals surface area contributed by atoms with Gasteiger partial charge in [0.15, 0.2) is 0 Å². The Morgan fingerprint density at radius 1 is 0.493 bits per heavy atom. The highest BCUT2D eigenvalue weighted by atomic mass is 16.7. The van der Waals surface area contributed by atoms with Crippen molar-refractivity contribution < 1.29 is 19.6 Å². The molecule has 0 spiro atoms. The first-order chi connectivity index (χ1) is 35.0. The van der Waals surface area contributed by atoms with Crippen molar-refractivity contribution in [2.75, 3.05) is 74.7 Å². The van der Waals surface area contributed by atoms with Gasteiger partial charge in [0.05, 0.1) is 26.4 Å². The quantitative estimate of drug-likeness (QED) is 0.0541. The molecule has 0 bridgehead atoms. The molecule has 0 unspecified atom stereocenters. The fourth-order valence-corrected chi connectivity index (χ4v) is 13.2. The van der Waals surface area contributed by atoms with E-state index in [2.05, 4.69) is 107 Å². The van der Waals surface area contributed by atoms with Gasteiger partial charge in [0.2, 0.25) is 17.8 Å². The first-order valence-electron chi connectivity index (χ1n) is 30.9. The lowest BCUT2D eigenvalue weighted by molar-refractivity contribution is -0.288. The molecule has 0 aliphatic carbocycles. The molecule has 1 aromatic heterocycles. The smallest absolute Gasteiger partial charge is 0.232 e. The topological polar surface area (TPSA) is 124 Å². The summed E-state index contributed by atoms with van der Waals surface area (Å²) in [6, 6.07) is 0.214. The number of aromatic nitrogens is 3. The Labute approximate surface area is 449 Å². The Hall–Kier alpha value is -1.87. The zero-order chi connectivity index (χ0) is 53.0. The largest absolute Gasteiger partial charge is 0.395 e. The maximum Gasteiger partial charge on any atom is 0.232 e. The number of nitrogens with zero attached hydrogens (tertiary/aromatic N) is 7. The second kappa shape index (κ2) is 34.1. The van der Waals surface area contributed by atoms with Crippen molar-refractivity contribution >= 4 is 17.8 Å². The number of hydrogen-bond acceptors (Lipinski definition) is 13. The fourth-order valence-electron chi connectivity index (χ4n) is 13.2. The maximum atomic E-state index is 10.4. The molecule has 0 aromatic carbocycles. The summed E-state index contributed by atoms with van der Waals surface area (Å²) < 4.78 is 0. The molecule has 426 valence electrons. The van der Waals surface area contributed by atoms with Crippen molar-refractivity contribution in [3.8, 4) is 0 Å². The summed E-state index contributed by atoms with van der Waals surface area (Å²) in [5.74, 6) is 3.20. The minimum Gasteiger partial charge on any atom is -0.395 e. The second-order valence-corrected chi connectivity index (χ2v) is 25.4. The van der Waals surface area contributed by atoms with Gasteiger partial charge in [-0.15, -0.1) is 0 Å². The van der Waals surface area contributed by atoms with Gasteiger partial charge in [-0.2, -0.15) is 30.1 Å². The molecule has 0 saturated carbocycles. The first kappa shape index (κ1) is 63.7. The predicted octanol–water partition coefficient (Wildman–Crippen LogP) is 14.7. The van der Waals surface area contributed by atoms with Crippen LogP contribution in [0.15, 0.2) is 0 Å². The summed E-state index contributed by atoms with van der Waals surface area (Å²) in [6.07, 6.45) is 36.3. The van der Waals surface area contributed by atoms with Crippen molar-refractivity contribution in [2.24, 2.45) is 11.8 Å². The van der Waals surface area contributed by atoms with E-state index in [-0.39, 0.29) is 34.8 Å². The van der Waals surface area contributed by atoms with Crippen LogP contribution in [0.3, 0.4) is 0 Å². The highest BCUT2D eigenvalue weighted by Crippen LogP contribution is 2.45. The Bertz CT molecular complexity index is 1450. The zero-order valence-corrected chi connectivity index (χ0v) is 49.6. The zero-order valence-electron chi connectivity index (χ0n) is 49.6. The Kier molecular flexibility index (Phi) is 29.7. The van der Waals surface area contributed by atoms with E-state index in [0.29, 0.717) is 36.2 Å². The summed E-state index contributed by atoms with van der Waals surface area (Å²) in [4.78, 5) is 36.6. The van der Waals surface area contributed by atoms with Crippen LogP contribution in [0.4, 0.5) is 17.8 Å². The van der Waals surface area contributed by atoms with Gasteiger partial charge < -0.3 is 20.6 Å². The molecule has 3 fully saturated rings. The van der Waals surface area contributed by atoms with Crippen molar-refractivity contribution in [1.82, 2.24) is 30.1 Å². The van der Waals surface area contributed by atoms with Crippen LogP contribution in [0.25, 0.3) is 0 Å². The minimum atomic E-state index is 0.00270. The Balaban J connectivity index is 1.32. The van der Waals surface area contributed by atoms with Crippen LogP contribution in [0.1, 0.15) is 269 Å². The number of nitrogens with one attached hydrogen (secondary N) is 2. The van der Waals surface area contributed by atoms with Crippen LogP contribution in [0, 0.1) is 11.8 Å². The highest BCUT2D eigenvalue weighted by Gasteiger charge is 2.47. The van der Waals surface area contributed by atoms with E-state index in [1.807, 2.05) is 0 Å². The van der Waals surface area contributed by atoms with Gasteiger partial charge >= 0.3 is 0 Å². The molecule has 4 rings (SSSR count).